The van der Waals surface area contributed by atoms with E-state index >= 15 is 0 Å². The molecule has 1 aliphatic rings. The fraction of sp³-hybridized carbons (Fsp3) is 0.625. The lowest BCUT2D eigenvalue weighted by Crippen LogP contribution is -2.25. The van der Waals surface area contributed by atoms with Crippen LogP contribution in [-0.2, 0) is 6.54 Å². The van der Waals surface area contributed by atoms with Gasteiger partial charge in [0.25, 0.3) is 0 Å². The van der Waals surface area contributed by atoms with Gasteiger partial charge in [0.1, 0.15) is 5.75 Å². The van der Waals surface area contributed by atoms with E-state index < -0.39 is 0 Å². The van der Waals surface area contributed by atoms with Crippen LogP contribution in [0.2, 0.25) is 0 Å². The Labute approximate surface area is 125 Å². The summed E-state index contributed by atoms with van der Waals surface area (Å²) in [5, 5.41) is 3.59. The molecule has 2 nitrogen and oxygen atoms in total. The van der Waals surface area contributed by atoms with E-state index in [2.05, 4.69) is 40.3 Å². The Bertz CT molecular complexity index is 400. The number of benzene rings is 1. The average molecular weight is 326 g/mol. The van der Waals surface area contributed by atoms with Gasteiger partial charge in [0.2, 0.25) is 0 Å². The Hall–Kier alpha value is -0.540. The lowest BCUT2D eigenvalue weighted by molar-refractivity contribution is 0.281. The molecule has 0 heterocycles. The number of ether oxygens (including phenoxy) is 1. The van der Waals surface area contributed by atoms with E-state index in [9.17, 15) is 0 Å². The van der Waals surface area contributed by atoms with Gasteiger partial charge in [0.15, 0.2) is 0 Å². The van der Waals surface area contributed by atoms with Crippen LogP contribution in [-0.4, -0.2) is 13.7 Å². The highest BCUT2D eigenvalue weighted by Gasteiger charge is 2.17. The van der Waals surface area contributed by atoms with Gasteiger partial charge in [-0.1, -0.05) is 25.8 Å². The topological polar surface area (TPSA) is 21.3 Å². The Kier molecular flexibility index (Phi) is 5.71. The molecule has 1 N–H and O–H groups in total. The maximum atomic E-state index is 5.24. The van der Waals surface area contributed by atoms with Gasteiger partial charge in [-0.05, 0) is 64.8 Å². The summed E-state index contributed by atoms with van der Waals surface area (Å²) in [5.74, 6) is 2.71. The third-order valence-corrected chi connectivity index (χ3v) is 4.73. The molecule has 1 aromatic carbocycles. The molecule has 3 heteroatoms. The number of halogens is 1. The number of hydrogen-bond acceptors (Lipinski definition) is 2. The maximum absolute atomic E-state index is 5.24. The van der Waals surface area contributed by atoms with Crippen molar-refractivity contribution < 1.29 is 4.74 Å². The predicted molar refractivity (Wildman–Crippen MR) is 83.5 cm³/mol. The summed E-state index contributed by atoms with van der Waals surface area (Å²) < 4.78 is 6.27. The van der Waals surface area contributed by atoms with Gasteiger partial charge >= 0.3 is 0 Å². The zero-order valence-corrected chi connectivity index (χ0v) is 13.5. The van der Waals surface area contributed by atoms with Gasteiger partial charge < -0.3 is 10.1 Å². The summed E-state index contributed by atoms with van der Waals surface area (Å²) in [7, 11) is 1.70. The zero-order valence-electron chi connectivity index (χ0n) is 11.9. The van der Waals surface area contributed by atoms with Crippen molar-refractivity contribution in [3.05, 3.63) is 28.2 Å². The molecule has 1 fully saturated rings. The van der Waals surface area contributed by atoms with E-state index in [0.717, 1.165) is 35.1 Å². The van der Waals surface area contributed by atoms with Crippen LogP contribution in [0.4, 0.5) is 0 Å². The van der Waals surface area contributed by atoms with Gasteiger partial charge in [-0.3, -0.25) is 0 Å². The number of nitrogens with one attached hydrogen (secondary N) is 1. The molecule has 0 aromatic heterocycles. The van der Waals surface area contributed by atoms with Gasteiger partial charge in [0.05, 0.1) is 11.6 Å². The molecule has 106 valence electrons. The van der Waals surface area contributed by atoms with E-state index in [4.69, 9.17) is 4.74 Å². The Morgan fingerprint density at radius 2 is 2.00 bits per heavy atom. The standard InChI is InChI=1S/C16H24BrNO/c1-12-3-5-13(6-4-12)10-18-11-14-7-8-16(19-2)15(17)9-14/h7-9,12-13,18H,3-6,10-11H2,1-2H3. The first-order valence-electron chi connectivity index (χ1n) is 7.22. The summed E-state index contributed by atoms with van der Waals surface area (Å²) in [4.78, 5) is 0. The quantitative estimate of drug-likeness (QED) is 0.867. The van der Waals surface area contributed by atoms with Crippen LogP contribution >= 0.6 is 15.9 Å². The zero-order chi connectivity index (χ0) is 13.7. The molecule has 0 amide bonds. The van der Waals surface area contributed by atoms with Crippen molar-refractivity contribution in [2.24, 2.45) is 11.8 Å². The van der Waals surface area contributed by atoms with Crippen LogP contribution in [0, 0.1) is 11.8 Å². The summed E-state index contributed by atoms with van der Waals surface area (Å²) in [6, 6.07) is 6.28. The molecule has 0 aliphatic heterocycles. The molecule has 1 aliphatic carbocycles. The normalized spacial score (nSPS) is 23.3. The summed E-state index contributed by atoms with van der Waals surface area (Å²) in [5.41, 5.74) is 1.30. The monoisotopic (exact) mass is 325 g/mol. The van der Waals surface area contributed by atoms with Crippen molar-refractivity contribution in [3.8, 4) is 5.75 Å². The van der Waals surface area contributed by atoms with Crippen LogP contribution in [0.1, 0.15) is 38.2 Å². The Balaban J connectivity index is 1.75. The minimum absolute atomic E-state index is 0.873. The third-order valence-electron chi connectivity index (χ3n) is 4.11. The predicted octanol–water partition coefficient (Wildman–Crippen LogP) is 4.37. The highest BCUT2D eigenvalue weighted by Crippen LogP contribution is 2.28. The fourth-order valence-electron chi connectivity index (χ4n) is 2.77. The van der Waals surface area contributed by atoms with Crippen molar-refractivity contribution in [1.29, 1.82) is 0 Å². The summed E-state index contributed by atoms with van der Waals surface area (Å²) in [6.07, 6.45) is 5.59. The second-order valence-corrected chi connectivity index (χ2v) is 6.58. The molecule has 0 spiro atoms. The first-order valence-corrected chi connectivity index (χ1v) is 8.01. The highest BCUT2D eigenvalue weighted by molar-refractivity contribution is 9.10. The largest absolute Gasteiger partial charge is 0.496 e. The van der Waals surface area contributed by atoms with Gasteiger partial charge in [0, 0.05) is 6.54 Å². The SMILES string of the molecule is COc1ccc(CNCC2CCC(C)CC2)cc1Br. The van der Waals surface area contributed by atoms with E-state index in [1.54, 1.807) is 7.11 Å². The van der Waals surface area contributed by atoms with Gasteiger partial charge in [-0.2, -0.15) is 0 Å². The Morgan fingerprint density at radius 3 is 2.63 bits per heavy atom. The van der Waals surface area contributed by atoms with Crippen molar-refractivity contribution in [2.75, 3.05) is 13.7 Å². The number of hydrogen-bond donors (Lipinski definition) is 1. The molecule has 1 aromatic rings. The molecule has 1 saturated carbocycles. The molecule has 0 radical (unpaired) electrons. The summed E-state index contributed by atoms with van der Waals surface area (Å²) in [6.45, 7) is 4.46. The summed E-state index contributed by atoms with van der Waals surface area (Å²) >= 11 is 3.53. The van der Waals surface area contributed by atoms with E-state index in [1.165, 1.54) is 31.2 Å². The first-order chi connectivity index (χ1) is 9.19. The second kappa shape index (κ2) is 7.30. The van der Waals surface area contributed by atoms with Crippen molar-refractivity contribution in [3.63, 3.8) is 0 Å². The van der Waals surface area contributed by atoms with Crippen molar-refractivity contribution in [1.82, 2.24) is 5.32 Å². The van der Waals surface area contributed by atoms with E-state index in [0.29, 0.717) is 0 Å². The molecule has 0 saturated heterocycles. The van der Waals surface area contributed by atoms with E-state index in [-0.39, 0.29) is 0 Å². The van der Waals surface area contributed by atoms with E-state index in [1.807, 2.05) is 6.07 Å². The highest BCUT2D eigenvalue weighted by atomic mass is 79.9. The molecule has 2 rings (SSSR count). The fourth-order valence-corrected chi connectivity index (χ4v) is 3.36. The molecule has 0 unspecified atom stereocenters. The molecule has 0 atom stereocenters. The maximum Gasteiger partial charge on any atom is 0.133 e. The lowest BCUT2D eigenvalue weighted by Gasteiger charge is -2.26. The number of methoxy groups -OCH3 is 1. The van der Waals surface area contributed by atoms with Crippen LogP contribution in [0.3, 0.4) is 0 Å². The first kappa shape index (κ1) is 14.9. The van der Waals surface area contributed by atoms with Crippen LogP contribution in [0.25, 0.3) is 0 Å². The minimum atomic E-state index is 0.873. The van der Waals surface area contributed by atoms with Crippen molar-refractivity contribution >= 4 is 15.9 Å². The number of rotatable bonds is 5. The average Bonchev–Trinajstić information content (AvgIpc) is 2.41. The van der Waals surface area contributed by atoms with Crippen LogP contribution < -0.4 is 10.1 Å². The van der Waals surface area contributed by atoms with Crippen molar-refractivity contribution in [2.45, 2.75) is 39.2 Å². The minimum Gasteiger partial charge on any atom is -0.496 e. The van der Waals surface area contributed by atoms with Gasteiger partial charge in [-0.25, -0.2) is 0 Å². The van der Waals surface area contributed by atoms with Crippen LogP contribution in [0.5, 0.6) is 5.75 Å². The third kappa shape index (κ3) is 4.50. The Morgan fingerprint density at radius 1 is 1.26 bits per heavy atom. The molecule has 19 heavy (non-hydrogen) atoms. The second-order valence-electron chi connectivity index (χ2n) is 5.73. The van der Waals surface area contributed by atoms with Gasteiger partial charge in [-0.15, -0.1) is 0 Å². The van der Waals surface area contributed by atoms with Crippen LogP contribution in [0.15, 0.2) is 22.7 Å². The molecule has 0 bridgehead atoms. The molecular formula is C16H24BrNO. The lowest BCUT2D eigenvalue weighted by atomic mass is 9.83. The molecular weight excluding hydrogens is 302 g/mol. The smallest absolute Gasteiger partial charge is 0.133 e.